The summed E-state index contributed by atoms with van der Waals surface area (Å²) in [6.07, 6.45) is 1.30. The third-order valence-electron chi connectivity index (χ3n) is 2.69. The molecule has 104 valence electrons. The number of carbonyl (C=O) groups excluding carboxylic acids is 2. The van der Waals surface area contributed by atoms with E-state index in [0.29, 0.717) is 16.1 Å². The highest BCUT2D eigenvalue weighted by atomic mass is 35.5. The second-order valence-electron chi connectivity index (χ2n) is 3.85. The molecule has 1 aromatic heterocycles. The third-order valence-corrected chi connectivity index (χ3v) is 2.92. The van der Waals surface area contributed by atoms with Gasteiger partial charge < -0.3 is 13.9 Å². The predicted molar refractivity (Wildman–Crippen MR) is 71.8 cm³/mol. The summed E-state index contributed by atoms with van der Waals surface area (Å²) in [7, 11) is 2.42. The van der Waals surface area contributed by atoms with Crippen molar-refractivity contribution >= 4 is 23.5 Å². The third kappa shape index (κ3) is 2.53. The van der Waals surface area contributed by atoms with Crippen LogP contribution in [0.15, 0.2) is 34.9 Å². The van der Waals surface area contributed by atoms with E-state index >= 15 is 0 Å². The van der Waals surface area contributed by atoms with Crippen LogP contribution in [-0.2, 0) is 9.47 Å². The largest absolute Gasteiger partial charge is 0.465 e. The molecule has 0 N–H and O–H groups in total. The van der Waals surface area contributed by atoms with Gasteiger partial charge in [-0.1, -0.05) is 23.7 Å². The first-order chi connectivity index (χ1) is 9.58. The number of hydrogen-bond donors (Lipinski definition) is 0. The summed E-state index contributed by atoms with van der Waals surface area (Å²) in [6.45, 7) is 0. The summed E-state index contributed by atoms with van der Waals surface area (Å²) in [5.41, 5.74) is 1.07. The molecule has 0 unspecified atom stereocenters. The fraction of sp³-hybridized carbons (Fsp3) is 0.143. The van der Waals surface area contributed by atoms with Crippen LogP contribution < -0.4 is 0 Å². The van der Waals surface area contributed by atoms with Crippen LogP contribution in [0.4, 0.5) is 0 Å². The van der Waals surface area contributed by atoms with Gasteiger partial charge in [-0.25, -0.2) is 9.59 Å². The number of hydrogen-bond acceptors (Lipinski definition) is 5. The normalized spacial score (nSPS) is 10.2. The maximum atomic E-state index is 11.9. The van der Waals surface area contributed by atoms with Gasteiger partial charge in [0.1, 0.15) is 11.8 Å². The van der Waals surface area contributed by atoms with Gasteiger partial charge in [0.15, 0.2) is 0 Å². The van der Waals surface area contributed by atoms with E-state index in [0.717, 1.165) is 0 Å². The quantitative estimate of drug-likeness (QED) is 0.813. The van der Waals surface area contributed by atoms with E-state index in [1.54, 1.807) is 24.3 Å². The Balaban J connectivity index is 2.62. The zero-order valence-corrected chi connectivity index (χ0v) is 11.6. The van der Waals surface area contributed by atoms with Crippen LogP contribution >= 0.6 is 11.6 Å². The van der Waals surface area contributed by atoms with Crippen molar-refractivity contribution in [2.45, 2.75) is 0 Å². The highest BCUT2D eigenvalue weighted by Gasteiger charge is 2.27. The van der Waals surface area contributed by atoms with E-state index in [4.69, 9.17) is 16.0 Å². The van der Waals surface area contributed by atoms with Crippen LogP contribution in [0.5, 0.6) is 0 Å². The van der Waals surface area contributed by atoms with E-state index in [9.17, 15) is 9.59 Å². The molecule has 1 heterocycles. The van der Waals surface area contributed by atoms with Crippen LogP contribution in [0, 0.1) is 0 Å². The first kappa shape index (κ1) is 14.1. The lowest BCUT2D eigenvalue weighted by Crippen LogP contribution is -2.10. The van der Waals surface area contributed by atoms with Crippen LogP contribution in [0.3, 0.4) is 0 Å². The molecular formula is C14H11ClO5. The Hall–Kier alpha value is -2.27. The minimum absolute atomic E-state index is 0.0154. The molecule has 6 heteroatoms. The number of benzene rings is 1. The first-order valence-corrected chi connectivity index (χ1v) is 6.00. The Labute approximate surface area is 120 Å². The summed E-state index contributed by atoms with van der Waals surface area (Å²) in [6, 6.07) is 6.82. The standard InChI is InChI=1S/C14H11ClO5/c1-18-13(16)11-10(7-20-12(11)14(17)19-2)8-4-3-5-9(15)6-8/h3-7H,1-2H3. The van der Waals surface area contributed by atoms with E-state index in [1.807, 2.05) is 0 Å². The van der Waals surface area contributed by atoms with E-state index in [1.165, 1.54) is 20.5 Å². The summed E-state index contributed by atoms with van der Waals surface area (Å²) < 4.78 is 14.4. The molecule has 20 heavy (non-hydrogen) atoms. The number of halogens is 1. The predicted octanol–water partition coefficient (Wildman–Crippen LogP) is 3.17. The van der Waals surface area contributed by atoms with Crippen molar-refractivity contribution in [3.8, 4) is 11.1 Å². The van der Waals surface area contributed by atoms with Crippen molar-refractivity contribution in [2.75, 3.05) is 14.2 Å². The zero-order chi connectivity index (χ0) is 14.7. The molecule has 0 fully saturated rings. The minimum Gasteiger partial charge on any atom is -0.465 e. The fourth-order valence-corrected chi connectivity index (χ4v) is 1.96. The number of methoxy groups -OCH3 is 2. The minimum atomic E-state index is -0.751. The monoisotopic (exact) mass is 294 g/mol. The Kier molecular flexibility index (Phi) is 4.10. The smallest absolute Gasteiger partial charge is 0.374 e. The Morgan fingerprint density at radius 1 is 1.15 bits per heavy atom. The molecule has 0 atom stereocenters. The van der Waals surface area contributed by atoms with Crippen LogP contribution in [0.25, 0.3) is 11.1 Å². The molecule has 5 nitrogen and oxygen atoms in total. The van der Waals surface area contributed by atoms with Gasteiger partial charge in [0.25, 0.3) is 0 Å². The highest BCUT2D eigenvalue weighted by molar-refractivity contribution is 6.30. The Bertz CT molecular complexity index is 659. The molecule has 0 saturated heterocycles. The average molecular weight is 295 g/mol. The number of rotatable bonds is 3. The summed E-state index contributed by atoms with van der Waals surface area (Å²) in [5, 5.41) is 0.499. The lowest BCUT2D eigenvalue weighted by Gasteiger charge is -2.04. The van der Waals surface area contributed by atoms with Gasteiger partial charge in [0, 0.05) is 10.6 Å². The summed E-state index contributed by atoms with van der Waals surface area (Å²) in [4.78, 5) is 23.5. The molecule has 0 radical (unpaired) electrons. The number of ether oxygens (including phenoxy) is 2. The second-order valence-corrected chi connectivity index (χ2v) is 4.28. The molecular weight excluding hydrogens is 284 g/mol. The summed E-state index contributed by atoms with van der Waals surface area (Å²) in [5.74, 6) is -1.64. The average Bonchev–Trinajstić information content (AvgIpc) is 2.90. The van der Waals surface area contributed by atoms with Crippen molar-refractivity contribution in [1.82, 2.24) is 0 Å². The molecule has 0 saturated carbocycles. The van der Waals surface area contributed by atoms with Crippen molar-refractivity contribution in [2.24, 2.45) is 0 Å². The van der Waals surface area contributed by atoms with E-state index in [-0.39, 0.29) is 11.3 Å². The molecule has 0 bridgehead atoms. The molecule has 0 aliphatic carbocycles. The van der Waals surface area contributed by atoms with Gasteiger partial charge in [0.05, 0.1) is 14.2 Å². The van der Waals surface area contributed by atoms with E-state index < -0.39 is 11.9 Å². The molecule has 1 aromatic carbocycles. The lowest BCUT2D eigenvalue weighted by atomic mass is 10.0. The molecule has 0 aliphatic rings. The van der Waals surface area contributed by atoms with Gasteiger partial charge >= 0.3 is 11.9 Å². The van der Waals surface area contributed by atoms with E-state index in [2.05, 4.69) is 9.47 Å². The molecule has 0 spiro atoms. The fourth-order valence-electron chi connectivity index (χ4n) is 1.77. The Morgan fingerprint density at radius 3 is 2.45 bits per heavy atom. The number of carbonyl (C=O) groups is 2. The molecule has 2 rings (SSSR count). The number of furan rings is 1. The van der Waals surface area contributed by atoms with Crippen LogP contribution in [0.2, 0.25) is 5.02 Å². The first-order valence-electron chi connectivity index (χ1n) is 5.62. The van der Waals surface area contributed by atoms with Crippen molar-refractivity contribution in [3.05, 3.63) is 46.9 Å². The Morgan fingerprint density at radius 2 is 1.85 bits per heavy atom. The number of esters is 2. The topological polar surface area (TPSA) is 65.7 Å². The van der Waals surface area contributed by atoms with Gasteiger partial charge in [-0.05, 0) is 17.7 Å². The van der Waals surface area contributed by atoms with Crippen molar-refractivity contribution in [3.63, 3.8) is 0 Å². The second kappa shape index (κ2) is 5.79. The van der Waals surface area contributed by atoms with Gasteiger partial charge in [-0.3, -0.25) is 0 Å². The maximum Gasteiger partial charge on any atom is 0.374 e. The van der Waals surface area contributed by atoms with Gasteiger partial charge in [-0.2, -0.15) is 0 Å². The molecule has 0 amide bonds. The van der Waals surface area contributed by atoms with Gasteiger partial charge in [0.2, 0.25) is 5.76 Å². The van der Waals surface area contributed by atoms with Gasteiger partial charge in [-0.15, -0.1) is 0 Å². The van der Waals surface area contributed by atoms with Crippen molar-refractivity contribution < 1.29 is 23.5 Å². The van der Waals surface area contributed by atoms with Crippen LogP contribution in [0.1, 0.15) is 20.9 Å². The molecule has 2 aromatic rings. The lowest BCUT2D eigenvalue weighted by molar-refractivity contribution is 0.0529. The van der Waals surface area contributed by atoms with Crippen molar-refractivity contribution in [1.29, 1.82) is 0 Å². The molecule has 0 aliphatic heterocycles. The zero-order valence-electron chi connectivity index (χ0n) is 10.8. The summed E-state index contributed by atoms with van der Waals surface area (Å²) >= 11 is 5.92. The highest BCUT2D eigenvalue weighted by Crippen LogP contribution is 2.30. The van der Waals surface area contributed by atoms with Crippen LogP contribution in [-0.4, -0.2) is 26.2 Å². The maximum absolute atomic E-state index is 11.9. The SMILES string of the molecule is COC(=O)c1occ(-c2cccc(Cl)c2)c1C(=O)OC.